The lowest BCUT2D eigenvalue weighted by Gasteiger charge is -2.25. The van der Waals surface area contributed by atoms with Gasteiger partial charge in [0.15, 0.2) is 11.8 Å². The summed E-state index contributed by atoms with van der Waals surface area (Å²) in [5.41, 5.74) is 1.17. The molecule has 0 amide bonds. The molecule has 1 aromatic heterocycles. The van der Waals surface area contributed by atoms with Crippen molar-refractivity contribution in [2.75, 3.05) is 13.7 Å². The maximum atomic E-state index is 6.14. The fourth-order valence-corrected chi connectivity index (χ4v) is 4.40. The van der Waals surface area contributed by atoms with Crippen LogP contribution in [-0.4, -0.2) is 46.5 Å². The summed E-state index contributed by atoms with van der Waals surface area (Å²) in [5.74, 6) is 3.58. The fourth-order valence-electron chi connectivity index (χ4n) is 4.40. The van der Waals surface area contributed by atoms with Crippen LogP contribution < -0.4 is 15.4 Å². The molecule has 2 heterocycles. The Kier molecular flexibility index (Phi) is 10.2. The number of ether oxygens (including phenoxy) is 2. The molecule has 9 heteroatoms. The first-order chi connectivity index (χ1) is 15.7. The van der Waals surface area contributed by atoms with Gasteiger partial charge in [-0.05, 0) is 56.7 Å². The number of nitrogens with zero attached hydrogens (tertiary/aromatic N) is 4. The third kappa shape index (κ3) is 7.56. The number of guanidine groups is 1. The maximum Gasteiger partial charge on any atom is 0.191 e. The monoisotopic (exact) mass is 568 g/mol. The van der Waals surface area contributed by atoms with Crippen LogP contribution in [-0.2, 0) is 30.9 Å². The fraction of sp³-hybridized carbons (Fsp3) is 0.625. The molecule has 182 valence electrons. The van der Waals surface area contributed by atoms with Crippen LogP contribution >= 0.6 is 24.0 Å². The van der Waals surface area contributed by atoms with E-state index in [1.54, 1.807) is 7.11 Å². The summed E-state index contributed by atoms with van der Waals surface area (Å²) in [7, 11) is 1.67. The number of aromatic nitrogens is 3. The summed E-state index contributed by atoms with van der Waals surface area (Å²) in [4.78, 5) is 9.36. The van der Waals surface area contributed by atoms with Crippen LogP contribution in [0.2, 0.25) is 0 Å². The number of rotatable bonds is 8. The standard InChI is InChI=1S/C24H36N6O2.HI/c1-3-25-24(27-19-11-14-23-28-22(17-31-2)29-30(23)16-19)26-15-18-9-12-21(13-10-18)32-20-7-5-4-6-8-20;/h9-10,12-13,19-20H,3-8,11,14-17H2,1-2H3,(H2,25,26,27);1H. The highest BCUT2D eigenvalue weighted by Crippen LogP contribution is 2.23. The van der Waals surface area contributed by atoms with Gasteiger partial charge in [0.05, 0.1) is 19.2 Å². The Labute approximate surface area is 214 Å². The molecule has 1 atom stereocenters. The number of aryl methyl sites for hydroxylation is 1. The summed E-state index contributed by atoms with van der Waals surface area (Å²) in [6.07, 6.45) is 8.54. The second-order valence-corrected chi connectivity index (χ2v) is 8.66. The van der Waals surface area contributed by atoms with Crippen LogP contribution in [0, 0.1) is 0 Å². The third-order valence-corrected chi connectivity index (χ3v) is 6.06. The van der Waals surface area contributed by atoms with Crippen molar-refractivity contribution in [2.24, 2.45) is 4.99 Å². The van der Waals surface area contributed by atoms with Crippen LogP contribution in [0.25, 0.3) is 0 Å². The van der Waals surface area contributed by atoms with E-state index < -0.39 is 0 Å². The van der Waals surface area contributed by atoms with E-state index in [4.69, 9.17) is 14.5 Å². The van der Waals surface area contributed by atoms with Gasteiger partial charge in [-0.25, -0.2) is 14.7 Å². The van der Waals surface area contributed by atoms with Crippen molar-refractivity contribution in [3.05, 3.63) is 41.5 Å². The Bertz CT molecular complexity index is 880. The van der Waals surface area contributed by atoms with Gasteiger partial charge in [-0.3, -0.25) is 0 Å². The maximum absolute atomic E-state index is 6.14. The number of fused-ring (bicyclic) bond motifs is 1. The zero-order valence-electron chi connectivity index (χ0n) is 19.8. The SMILES string of the molecule is CCNC(=NCc1ccc(OC2CCCCC2)cc1)NC1CCc2nc(COC)nn2C1.I. The summed E-state index contributed by atoms with van der Waals surface area (Å²) < 4.78 is 13.3. The molecule has 1 aromatic carbocycles. The number of aliphatic imine (C=N–C) groups is 1. The van der Waals surface area contributed by atoms with E-state index in [1.165, 1.54) is 37.7 Å². The van der Waals surface area contributed by atoms with E-state index >= 15 is 0 Å². The molecule has 4 rings (SSSR count). The highest BCUT2D eigenvalue weighted by molar-refractivity contribution is 14.0. The third-order valence-electron chi connectivity index (χ3n) is 6.06. The normalized spacial score (nSPS) is 18.8. The van der Waals surface area contributed by atoms with Crippen LogP contribution in [0.3, 0.4) is 0 Å². The van der Waals surface area contributed by atoms with E-state index in [-0.39, 0.29) is 30.0 Å². The van der Waals surface area contributed by atoms with Gasteiger partial charge in [0.1, 0.15) is 18.2 Å². The Morgan fingerprint density at radius 1 is 1.15 bits per heavy atom. The van der Waals surface area contributed by atoms with Gasteiger partial charge in [-0.1, -0.05) is 18.6 Å². The van der Waals surface area contributed by atoms with E-state index in [0.717, 1.165) is 49.3 Å². The quantitative estimate of drug-likeness (QED) is 0.286. The Morgan fingerprint density at radius 3 is 2.67 bits per heavy atom. The van der Waals surface area contributed by atoms with Crippen molar-refractivity contribution in [1.29, 1.82) is 0 Å². The smallest absolute Gasteiger partial charge is 0.191 e. The van der Waals surface area contributed by atoms with Crippen molar-refractivity contribution in [2.45, 2.75) is 83.7 Å². The lowest BCUT2D eigenvalue weighted by molar-refractivity contribution is 0.155. The van der Waals surface area contributed by atoms with Crippen LogP contribution in [0.5, 0.6) is 5.75 Å². The Morgan fingerprint density at radius 2 is 1.94 bits per heavy atom. The second-order valence-electron chi connectivity index (χ2n) is 8.66. The molecule has 1 saturated carbocycles. The molecule has 0 saturated heterocycles. The first-order valence-corrected chi connectivity index (χ1v) is 12.0. The first-order valence-electron chi connectivity index (χ1n) is 12.0. The molecule has 33 heavy (non-hydrogen) atoms. The summed E-state index contributed by atoms with van der Waals surface area (Å²) in [6, 6.07) is 8.65. The number of hydrogen-bond acceptors (Lipinski definition) is 5. The largest absolute Gasteiger partial charge is 0.490 e. The molecule has 1 unspecified atom stereocenters. The van der Waals surface area contributed by atoms with Crippen LogP contribution in [0.1, 0.15) is 62.7 Å². The minimum Gasteiger partial charge on any atom is -0.490 e. The minimum atomic E-state index is 0. The molecular formula is C24H37IN6O2. The lowest BCUT2D eigenvalue weighted by atomic mass is 9.98. The average molecular weight is 569 g/mol. The van der Waals surface area contributed by atoms with E-state index in [9.17, 15) is 0 Å². The summed E-state index contributed by atoms with van der Waals surface area (Å²) in [5, 5.41) is 11.5. The Hall–Kier alpha value is -1.88. The van der Waals surface area contributed by atoms with Crippen molar-refractivity contribution in [3.63, 3.8) is 0 Å². The number of halogens is 1. The molecule has 1 aliphatic heterocycles. The van der Waals surface area contributed by atoms with Gasteiger partial charge in [0.2, 0.25) is 0 Å². The molecule has 2 aromatic rings. The molecule has 1 fully saturated rings. The predicted octanol–water partition coefficient (Wildman–Crippen LogP) is 3.82. The number of hydrogen-bond donors (Lipinski definition) is 2. The zero-order valence-corrected chi connectivity index (χ0v) is 22.1. The van der Waals surface area contributed by atoms with Crippen molar-refractivity contribution >= 4 is 29.9 Å². The Balaban J connectivity index is 0.00000306. The second kappa shape index (κ2) is 13.1. The molecule has 8 nitrogen and oxygen atoms in total. The topological polar surface area (TPSA) is 85.6 Å². The van der Waals surface area contributed by atoms with Crippen LogP contribution in [0.15, 0.2) is 29.3 Å². The van der Waals surface area contributed by atoms with Crippen molar-refractivity contribution in [3.8, 4) is 5.75 Å². The molecule has 2 aliphatic rings. The van der Waals surface area contributed by atoms with Gasteiger partial charge < -0.3 is 20.1 Å². The van der Waals surface area contributed by atoms with Gasteiger partial charge in [0, 0.05) is 26.1 Å². The molecule has 0 radical (unpaired) electrons. The van der Waals surface area contributed by atoms with Gasteiger partial charge in [-0.2, -0.15) is 5.10 Å². The lowest BCUT2D eigenvalue weighted by Crippen LogP contribution is -2.47. The average Bonchev–Trinajstić information content (AvgIpc) is 3.21. The highest BCUT2D eigenvalue weighted by atomic mass is 127. The molecule has 0 bridgehead atoms. The summed E-state index contributed by atoms with van der Waals surface area (Å²) in [6.45, 7) is 4.76. The van der Waals surface area contributed by atoms with E-state index in [0.29, 0.717) is 19.3 Å². The number of methoxy groups -OCH3 is 1. The van der Waals surface area contributed by atoms with Gasteiger partial charge in [-0.15, -0.1) is 24.0 Å². The van der Waals surface area contributed by atoms with Gasteiger partial charge in [0.25, 0.3) is 0 Å². The van der Waals surface area contributed by atoms with E-state index in [2.05, 4.69) is 51.9 Å². The number of nitrogens with one attached hydrogen (secondary N) is 2. The molecule has 2 N–H and O–H groups in total. The van der Waals surface area contributed by atoms with Gasteiger partial charge >= 0.3 is 0 Å². The van der Waals surface area contributed by atoms with Crippen molar-refractivity contribution in [1.82, 2.24) is 25.4 Å². The molecular weight excluding hydrogens is 531 g/mol. The molecule has 1 aliphatic carbocycles. The first kappa shape index (κ1) is 25.7. The zero-order chi connectivity index (χ0) is 22.2. The molecule has 0 spiro atoms. The number of benzene rings is 1. The van der Waals surface area contributed by atoms with Crippen molar-refractivity contribution < 1.29 is 9.47 Å². The van der Waals surface area contributed by atoms with Crippen LogP contribution in [0.4, 0.5) is 0 Å². The van der Waals surface area contributed by atoms with E-state index in [1.807, 2.05) is 4.68 Å². The highest BCUT2D eigenvalue weighted by Gasteiger charge is 2.22. The summed E-state index contributed by atoms with van der Waals surface area (Å²) >= 11 is 0. The predicted molar refractivity (Wildman–Crippen MR) is 140 cm³/mol. The minimum absolute atomic E-state index is 0.